The van der Waals surface area contributed by atoms with Gasteiger partial charge in [0.2, 0.25) is 0 Å². The SMILES string of the molecule is Cc1ccc(C(C(=O)OC2C3CC[C@H]2[N+](C)([C@@H](C)c2ccccc2)C3)c2ccccc2O)cc1. The Morgan fingerprint density at radius 2 is 1.62 bits per heavy atom. The van der Waals surface area contributed by atoms with E-state index in [0.717, 1.165) is 35.0 Å². The van der Waals surface area contributed by atoms with Gasteiger partial charge in [0.05, 0.1) is 19.5 Å². The molecule has 0 radical (unpaired) electrons. The van der Waals surface area contributed by atoms with Crippen LogP contribution in [0.5, 0.6) is 5.75 Å². The predicted octanol–water partition coefficient (Wildman–Crippen LogP) is 5.74. The molecule has 1 N–H and O–H groups in total. The molecule has 3 aromatic carbocycles. The highest BCUT2D eigenvalue weighted by Gasteiger charge is 2.60. The van der Waals surface area contributed by atoms with Crippen LogP contribution in [0.25, 0.3) is 0 Å². The Labute approximate surface area is 202 Å². The lowest BCUT2D eigenvalue weighted by Crippen LogP contribution is -2.53. The van der Waals surface area contributed by atoms with Crippen LogP contribution in [0.3, 0.4) is 0 Å². The number of piperidine rings is 1. The van der Waals surface area contributed by atoms with E-state index in [4.69, 9.17) is 4.74 Å². The number of likely N-dealkylation sites (tertiary alicyclic amines) is 1. The molecule has 34 heavy (non-hydrogen) atoms. The monoisotopic (exact) mass is 456 g/mol. The van der Waals surface area contributed by atoms with Gasteiger partial charge in [-0.05, 0) is 31.9 Å². The van der Waals surface area contributed by atoms with Gasteiger partial charge in [-0.15, -0.1) is 0 Å². The number of phenols is 1. The average Bonchev–Trinajstić information content (AvgIpc) is 3.35. The predicted molar refractivity (Wildman–Crippen MR) is 133 cm³/mol. The molecule has 1 saturated heterocycles. The van der Waals surface area contributed by atoms with E-state index in [1.165, 1.54) is 5.56 Å². The number of phenolic OH excluding ortho intramolecular Hbond substituents is 1. The van der Waals surface area contributed by atoms with E-state index in [-0.39, 0.29) is 23.9 Å². The lowest BCUT2D eigenvalue weighted by Gasteiger charge is -2.43. The Morgan fingerprint density at radius 1 is 0.941 bits per heavy atom. The third-order valence-electron chi connectivity index (χ3n) is 8.38. The van der Waals surface area contributed by atoms with Gasteiger partial charge < -0.3 is 14.3 Å². The topological polar surface area (TPSA) is 46.5 Å². The second-order valence-electron chi connectivity index (χ2n) is 10.3. The zero-order valence-electron chi connectivity index (χ0n) is 20.2. The third-order valence-corrected chi connectivity index (χ3v) is 8.38. The minimum absolute atomic E-state index is 0.0949. The summed E-state index contributed by atoms with van der Waals surface area (Å²) >= 11 is 0. The Hall–Kier alpha value is -3.11. The number of aromatic hydroxyl groups is 1. The van der Waals surface area contributed by atoms with Crippen LogP contribution in [0.1, 0.15) is 54.0 Å². The number of ether oxygens (including phenoxy) is 1. The minimum atomic E-state index is -0.646. The first kappa shape index (κ1) is 22.7. The van der Waals surface area contributed by atoms with E-state index in [1.807, 2.05) is 43.3 Å². The van der Waals surface area contributed by atoms with Crippen molar-refractivity contribution in [2.24, 2.45) is 5.92 Å². The highest BCUT2D eigenvalue weighted by Crippen LogP contribution is 2.49. The molecule has 0 aromatic heterocycles. The van der Waals surface area contributed by atoms with Crippen molar-refractivity contribution in [3.63, 3.8) is 0 Å². The fourth-order valence-corrected chi connectivity index (χ4v) is 6.32. The molecule has 4 nitrogen and oxygen atoms in total. The summed E-state index contributed by atoms with van der Waals surface area (Å²) < 4.78 is 7.27. The molecule has 2 fully saturated rings. The largest absolute Gasteiger partial charge is 0.508 e. The van der Waals surface area contributed by atoms with Crippen molar-refractivity contribution in [1.82, 2.24) is 0 Å². The molecule has 6 atom stereocenters. The van der Waals surface area contributed by atoms with Crippen molar-refractivity contribution in [1.29, 1.82) is 0 Å². The number of nitrogens with zero attached hydrogens (tertiary/aromatic N) is 1. The lowest BCUT2D eigenvalue weighted by atomic mass is 9.90. The van der Waals surface area contributed by atoms with Gasteiger partial charge in [-0.1, -0.05) is 78.4 Å². The first-order valence-electron chi connectivity index (χ1n) is 12.3. The van der Waals surface area contributed by atoms with Crippen molar-refractivity contribution < 1.29 is 19.1 Å². The number of aryl methyl sites for hydroxylation is 1. The number of likely N-dealkylation sites (N-methyl/N-ethyl adjacent to an activating group) is 1. The number of carbonyl (C=O) groups is 1. The molecular weight excluding hydrogens is 422 g/mol. The summed E-state index contributed by atoms with van der Waals surface area (Å²) in [4.78, 5) is 13.8. The number of hydrogen-bond acceptors (Lipinski definition) is 3. The van der Waals surface area contributed by atoms with Crippen LogP contribution in [0.4, 0.5) is 0 Å². The molecule has 4 heteroatoms. The minimum Gasteiger partial charge on any atom is -0.508 e. The number of fused-ring (bicyclic) bond motifs is 2. The van der Waals surface area contributed by atoms with Crippen LogP contribution >= 0.6 is 0 Å². The first-order chi connectivity index (χ1) is 16.4. The van der Waals surface area contributed by atoms with Crippen LogP contribution < -0.4 is 0 Å². The smallest absolute Gasteiger partial charge is 0.318 e. The molecule has 0 spiro atoms. The van der Waals surface area contributed by atoms with Crippen LogP contribution in [0, 0.1) is 12.8 Å². The van der Waals surface area contributed by atoms with Crippen LogP contribution in [-0.2, 0) is 9.53 Å². The lowest BCUT2D eigenvalue weighted by molar-refractivity contribution is -0.954. The summed E-state index contributed by atoms with van der Waals surface area (Å²) in [7, 11) is 2.32. The van der Waals surface area contributed by atoms with Gasteiger partial charge in [0.1, 0.15) is 23.8 Å². The maximum atomic E-state index is 13.8. The van der Waals surface area contributed by atoms with Gasteiger partial charge in [-0.25, -0.2) is 0 Å². The van der Waals surface area contributed by atoms with E-state index in [1.54, 1.807) is 12.1 Å². The Bertz CT molecular complexity index is 1160. The number of para-hydroxylation sites is 1. The zero-order valence-corrected chi connectivity index (χ0v) is 20.2. The van der Waals surface area contributed by atoms with E-state index < -0.39 is 5.92 Å². The first-order valence-corrected chi connectivity index (χ1v) is 12.3. The Morgan fingerprint density at radius 3 is 2.32 bits per heavy atom. The highest BCUT2D eigenvalue weighted by atomic mass is 16.5. The molecule has 2 bridgehead atoms. The van der Waals surface area contributed by atoms with E-state index in [0.29, 0.717) is 17.5 Å². The average molecular weight is 457 g/mol. The number of carbonyl (C=O) groups excluding carboxylic acids is 1. The molecule has 4 unspecified atom stereocenters. The number of benzene rings is 3. The molecule has 1 saturated carbocycles. The summed E-state index contributed by atoms with van der Waals surface area (Å²) in [5, 5.41) is 10.6. The molecule has 3 aromatic rings. The van der Waals surface area contributed by atoms with Crippen molar-refractivity contribution in [2.45, 2.75) is 50.8 Å². The van der Waals surface area contributed by atoms with Gasteiger partial charge >= 0.3 is 5.97 Å². The second-order valence-corrected chi connectivity index (χ2v) is 10.3. The summed E-state index contributed by atoms with van der Waals surface area (Å²) in [5.74, 6) is -0.425. The van der Waals surface area contributed by atoms with E-state index >= 15 is 0 Å². The Kier molecular flexibility index (Phi) is 5.95. The van der Waals surface area contributed by atoms with Crippen molar-refractivity contribution in [3.05, 3.63) is 101 Å². The second kappa shape index (κ2) is 8.92. The number of esters is 1. The molecule has 1 heterocycles. The number of hydrogen-bond donors (Lipinski definition) is 1. The quantitative estimate of drug-likeness (QED) is 0.380. The van der Waals surface area contributed by atoms with Gasteiger partial charge in [0.25, 0.3) is 0 Å². The summed E-state index contributed by atoms with van der Waals surface area (Å²) in [6, 6.07) is 26.3. The fraction of sp³-hybridized carbons (Fsp3) is 0.367. The van der Waals surface area contributed by atoms with Crippen LogP contribution in [0.2, 0.25) is 0 Å². The van der Waals surface area contributed by atoms with Gasteiger partial charge in [-0.2, -0.15) is 0 Å². The normalized spacial score (nSPS) is 27.3. The molecule has 5 rings (SSSR count). The van der Waals surface area contributed by atoms with E-state index in [9.17, 15) is 9.90 Å². The highest BCUT2D eigenvalue weighted by molar-refractivity contribution is 5.83. The van der Waals surface area contributed by atoms with Crippen molar-refractivity contribution in [2.75, 3.05) is 13.6 Å². The third kappa shape index (κ3) is 3.90. The van der Waals surface area contributed by atoms with Gasteiger partial charge in [0.15, 0.2) is 6.10 Å². The zero-order chi connectivity index (χ0) is 23.9. The molecular formula is C30H34NO3+. The van der Waals surface area contributed by atoms with Gasteiger partial charge in [0, 0.05) is 17.5 Å². The molecule has 1 aliphatic heterocycles. The maximum absolute atomic E-state index is 13.8. The summed E-state index contributed by atoms with van der Waals surface area (Å²) in [6.45, 7) is 5.34. The molecule has 2 aliphatic rings. The summed E-state index contributed by atoms with van der Waals surface area (Å²) in [6.07, 6.45) is 2.08. The van der Waals surface area contributed by atoms with Crippen molar-refractivity contribution >= 4 is 5.97 Å². The molecule has 176 valence electrons. The van der Waals surface area contributed by atoms with Crippen LogP contribution in [0.15, 0.2) is 78.9 Å². The van der Waals surface area contributed by atoms with Crippen LogP contribution in [-0.4, -0.2) is 41.3 Å². The molecule has 0 amide bonds. The molecule has 1 aliphatic carbocycles. The fourth-order valence-electron chi connectivity index (χ4n) is 6.32. The maximum Gasteiger partial charge on any atom is 0.318 e. The van der Waals surface area contributed by atoms with E-state index in [2.05, 4.69) is 44.3 Å². The van der Waals surface area contributed by atoms with Crippen molar-refractivity contribution in [3.8, 4) is 5.75 Å². The number of quaternary nitrogens is 1. The number of rotatable bonds is 6. The Balaban J connectivity index is 1.43. The standard InChI is InChI=1S/C30H33NO3/c1-20-13-15-23(16-14-20)28(25-11-7-8-12-27(25)32)30(33)34-29-24-17-18-26(29)31(3,19-24)21(2)22-9-5-4-6-10-22/h4-16,21,24,26,28-29H,17-19H2,1-3H3/p+1/t21-,24?,26+,28?,29?,31?/m0/s1. The summed E-state index contributed by atoms with van der Waals surface area (Å²) in [5.41, 5.74) is 3.90. The van der Waals surface area contributed by atoms with Gasteiger partial charge in [-0.3, -0.25) is 4.79 Å².